The Morgan fingerprint density at radius 3 is 2.68 bits per heavy atom. The maximum absolute atomic E-state index is 12.3. The van der Waals surface area contributed by atoms with Gasteiger partial charge in [0.15, 0.2) is 0 Å². The predicted octanol–water partition coefficient (Wildman–Crippen LogP) is -0.156. The molecule has 0 aromatic carbocycles. The molecule has 1 saturated heterocycles. The van der Waals surface area contributed by atoms with Crippen LogP contribution in [-0.4, -0.2) is 66.4 Å². The maximum Gasteiger partial charge on any atom is 0.220 e. The zero-order valence-electron chi connectivity index (χ0n) is 13.2. The van der Waals surface area contributed by atoms with Crippen molar-refractivity contribution >= 4 is 5.91 Å². The molecular formula is C16H29N3O3. The Balaban J connectivity index is 1.53. The number of nitrogens with one attached hydrogen (secondary N) is 1. The lowest BCUT2D eigenvalue weighted by Crippen LogP contribution is -2.57. The first-order chi connectivity index (χ1) is 10.6. The maximum atomic E-state index is 12.3. The summed E-state index contributed by atoms with van der Waals surface area (Å²) in [6, 6.07) is 0.636. The van der Waals surface area contributed by atoms with E-state index in [2.05, 4.69) is 10.2 Å². The van der Waals surface area contributed by atoms with Crippen molar-refractivity contribution in [2.24, 2.45) is 11.7 Å². The lowest BCUT2D eigenvalue weighted by atomic mass is 9.75. The Hall–Kier alpha value is -0.690. The topological polar surface area (TPSA) is 87.8 Å². The summed E-state index contributed by atoms with van der Waals surface area (Å²) in [5.41, 5.74) is 5.88. The van der Waals surface area contributed by atoms with E-state index in [1.54, 1.807) is 0 Å². The molecule has 1 heterocycles. The van der Waals surface area contributed by atoms with Gasteiger partial charge < -0.3 is 20.9 Å². The van der Waals surface area contributed by atoms with Crippen molar-refractivity contribution < 1.29 is 14.6 Å². The summed E-state index contributed by atoms with van der Waals surface area (Å²) in [7, 11) is 0. The first-order valence-corrected chi connectivity index (χ1v) is 8.70. The minimum Gasteiger partial charge on any atom is -0.393 e. The van der Waals surface area contributed by atoms with E-state index in [1.165, 1.54) is 12.8 Å². The monoisotopic (exact) mass is 311 g/mol. The fraction of sp³-hybridized carbons (Fsp3) is 0.938. The molecule has 0 aromatic heterocycles. The third-order valence-corrected chi connectivity index (χ3v) is 5.57. The molecule has 1 amide bonds. The van der Waals surface area contributed by atoms with Gasteiger partial charge in [-0.2, -0.15) is 0 Å². The van der Waals surface area contributed by atoms with Crippen LogP contribution in [0.2, 0.25) is 0 Å². The molecule has 1 aliphatic heterocycles. The van der Waals surface area contributed by atoms with Crippen molar-refractivity contribution in [3.63, 3.8) is 0 Å². The summed E-state index contributed by atoms with van der Waals surface area (Å²) >= 11 is 0. The zero-order valence-corrected chi connectivity index (χ0v) is 13.2. The number of amides is 1. The summed E-state index contributed by atoms with van der Waals surface area (Å²) in [5, 5.41) is 12.9. The number of hydrogen-bond donors (Lipinski definition) is 3. The Labute approximate surface area is 132 Å². The summed E-state index contributed by atoms with van der Waals surface area (Å²) < 4.78 is 5.43. The number of rotatable bonds is 4. The number of carbonyl (C=O) groups is 1. The average Bonchev–Trinajstić information content (AvgIpc) is 2.54. The predicted molar refractivity (Wildman–Crippen MR) is 83.3 cm³/mol. The van der Waals surface area contributed by atoms with E-state index in [4.69, 9.17) is 10.5 Å². The zero-order chi connectivity index (χ0) is 15.5. The fourth-order valence-electron chi connectivity index (χ4n) is 4.11. The summed E-state index contributed by atoms with van der Waals surface area (Å²) in [6.45, 7) is 3.51. The van der Waals surface area contributed by atoms with Crippen LogP contribution in [0.4, 0.5) is 0 Å². The lowest BCUT2D eigenvalue weighted by molar-refractivity contribution is -0.127. The highest BCUT2D eigenvalue weighted by Crippen LogP contribution is 2.30. The van der Waals surface area contributed by atoms with Crippen molar-refractivity contribution in [2.75, 3.05) is 26.3 Å². The highest BCUT2D eigenvalue weighted by molar-refractivity contribution is 5.77. The van der Waals surface area contributed by atoms with Crippen molar-refractivity contribution in [1.82, 2.24) is 10.2 Å². The molecule has 3 aliphatic rings. The molecule has 2 aliphatic carbocycles. The second-order valence-corrected chi connectivity index (χ2v) is 7.01. The Morgan fingerprint density at radius 2 is 2.00 bits per heavy atom. The van der Waals surface area contributed by atoms with E-state index < -0.39 is 6.10 Å². The third-order valence-electron chi connectivity index (χ3n) is 5.57. The van der Waals surface area contributed by atoms with Gasteiger partial charge in [0.25, 0.3) is 0 Å². The molecule has 6 heteroatoms. The summed E-state index contributed by atoms with van der Waals surface area (Å²) in [4.78, 5) is 14.8. The molecule has 0 radical (unpaired) electrons. The van der Waals surface area contributed by atoms with Crippen LogP contribution in [0.3, 0.4) is 0 Å². The van der Waals surface area contributed by atoms with Crippen LogP contribution in [0.1, 0.15) is 38.5 Å². The highest BCUT2D eigenvalue weighted by Gasteiger charge is 2.39. The SMILES string of the molecule is NC1CC(O)C1CC(=O)NC1CCCCC1N1CCOCC1. The number of hydrogen-bond acceptors (Lipinski definition) is 5. The number of ether oxygens (including phenoxy) is 1. The standard InChI is InChI=1S/C16H29N3O3/c17-12-10-15(20)11(12)9-16(21)18-13-3-1-2-4-14(13)19-5-7-22-8-6-19/h11-15,20H,1-10,17H2,(H,18,21). The van der Waals surface area contributed by atoms with Crippen LogP contribution in [0.5, 0.6) is 0 Å². The van der Waals surface area contributed by atoms with Crippen LogP contribution >= 0.6 is 0 Å². The fourth-order valence-corrected chi connectivity index (χ4v) is 4.11. The van der Waals surface area contributed by atoms with Gasteiger partial charge in [0.05, 0.1) is 19.3 Å². The van der Waals surface area contributed by atoms with Crippen molar-refractivity contribution in [3.05, 3.63) is 0 Å². The molecular weight excluding hydrogens is 282 g/mol. The van der Waals surface area contributed by atoms with Gasteiger partial charge in [-0.05, 0) is 19.3 Å². The number of aliphatic hydroxyl groups is 1. The molecule has 22 heavy (non-hydrogen) atoms. The minimum atomic E-state index is -0.401. The first kappa shape index (κ1) is 16.2. The van der Waals surface area contributed by atoms with Gasteiger partial charge in [-0.3, -0.25) is 9.69 Å². The molecule has 3 fully saturated rings. The average molecular weight is 311 g/mol. The molecule has 2 saturated carbocycles. The first-order valence-electron chi connectivity index (χ1n) is 8.70. The van der Waals surface area contributed by atoms with Gasteiger partial charge in [-0.15, -0.1) is 0 Å². The van der Waals surface area contributed by atoms with E-state index in [0.29, 0.717) is 18.9 Å². The summed E-state index contributed by atoms with van der Waals surface area (Å²) in [6.07, 6.45) is 5.19. The normalized spacial score (nSPS) is 40.0. The van der Waals surface area contributed by atoms with Gasteiger partial charge in [0.2, 0.25) is 5.91 Å². The van der Waals surface area contributed by atoms with Gasteiger partial charge in [-0.25, -0.2) is 0 Å². The number of morpholine rings is 1. The number of nitrogens with two attached hydrogens (primary N) is 1. The van der Waals surface area contributed by atoms with E-state index in [0.717, 1.165) is 39.1 Å². The molecule has 126 valence electrons. The smallest absolute Gasteiger partial charge is 0.220 e. The van der Waals surface area contributed by atoms with Crippen LogP contribution in [0.15, 0.2) is 0 Å². The lowest BCUT2D eigenvalue weighted by Gasteiger charge is -2.43. The number of nitrogens with zero attached hydrogens (tertiary/aromatic N) is 1. The third kappa shape index (κ3) is 3.62. The van der Waals surface area contributed by atoms with E-state index >= 15 is 0 Å². The molecule has 5 unspecified atom stereocenters. The molecule has 6 nitrogen and oxygen atoms in total. The molecule has 5 atom stereocenters. The van der Waals surface area contributed by atoms with Crippen LogP contribution in [0.25, 0.3) is 0 Å². The largest absolute Gasteiger partial charge is 0.393 e. The molecule has 4 N–H and O–H groups in total. The van der Waals surface area contributed by atoms with Gasteiger partial charge in [-0.1, -0.05) is 12.8 Å². The van der Waals surface area contributed by atoms with Crippen molar-refractivity contribution in [1.29, 1.82) is 0 Å². The van der Waals surface area contributed by atoms with Crippen LogP contribution in [-0.2, 0) is 9.53 Å². The Bertz CT molecular complexity index is 379. The second-order valence-electron chi connectivity index (χ2n) is 7.01. The quantitative estimate of drug-likeness (QED) is 0.672. The molecule has 3 rings (SSSR count). The Morgan fingerprint density at radius 1 is 1.27 bits per heavy atom. The van der Waals surface area contributed by atoms with Crippen LogP contribution < -0.4 is 11.1 Å². The van der Waals surface area contributed by atoms with Gasteiger partial charge >= 0.3 is 0 Å². The van der Waals surface area contributed by atoms with Gasteiger partial charge in [0, 0.05) is 43.6 Å². The number of carbonyl (C=O) groups excluding carboxylic acids is 1. The second kappa shape index (κ2) is 7.25. The van der Waals surface area contributed by atoms with Crippen molar-refractivity contribution in [3.8, 4) is 0 Å². The minimum absolute atomic E-state index is 0.0258. The molecule has 0 spiro atoms. The molecule has 0 bridgehead atoms. The summed E-state index contributed by atoms with van der Waals surface area (Å²) in [5.74, 6) is -0.0187. The van der Waals surface area contributed by atoms with E-state index in [1.807, 2.05) is 0 Å². The number of aliphatic hydroxyl groups excluding tert-OH is 1. The van der Waals surface area contributed by atoms with E-state index in [-0.39, 0.29) is 23.9 Å². The van der Waals surface area contributed by atoms with Crippen molar-refractivity contribution in [2.45, 2.75) is 62.8 Å². The van der Waals surface area contributed by atoms with Gasteiger partial charge in [0.1, 0.15) is 0 Å². The van der Waals surface area contributed by atoms with E-state index in [9.17, 15) is 9.90 Å². The molecule has 0 aromatic rings. The Kier molecular flexibility index (Phi) is 5.33. The van der Waals surface area contributed by atoms with Crippen LogP contribution in [0, 0.1) is 5.92 Å². The highest BCUT2D eigenvalue weighted by atomic mass is 16.5.